The predicted molar refractivity (Wildman–Crippen MR) is 153 cm³/mol. The quantitative estimate of drug-likeness (QED) is 0.0581. The number of phosphoric ester groups is 1. The summed E-state index contributed by atoms with van der Waals surface area (Å²) in [5.74, 6) is -0.197. The van der Waals surface area contributed by atoms with Crippen LogP contribution in [0.15, 0.2) is 0 Å². The van der Waals surface area contributed by atoms with Gasteiger partial charge < -0.3 is 20.2 Å². The van der Waals surface area contributed by atoms with Crippen molar-refractivity contribution in [3.8, 4) is 0 Å². The highest BCUT2D eigenvalue weighted by Crippen LogP contribution is 2.36. The van der Waals surface area contributed by atoms with Gasteiger partial charge in [-0.05, 0) is 12.8 Å². The molecule has 0 aliphatic carbocycles. The average Bonchev–Trinajstić information content (AvgIpc) is 2.85. The van der Waals surface area contributed by atoms with Gasteiger partial charge in [-0.3, -0.25) is 9.32 Å². The Morgan fingerprint density at radius 3 is 1.46 bits per heavy atom. The first-order valence-corrected chi connectivity index (χ1v) is 17.0. The first kappa shape index (κ1) is 36.5. The predicted octanol–water partition coefficient (Wildman–Crippen LogP) is 7.95. The number of aliphatic hydroxyl groups is 1. The number of aliphatic hydroxyl groups excluding tert-OH is 1. The lowest BCUT2D eigenvalue weighted by Gasteiger charge is -2.24. The van der Waals surface area contributed by atoms with Crippen LogP contribution in [0.5, 0.6) is 0 Å². The second-order valence-corrected chi connectivity index (χ2v) is 12.0. The number of hydrogen-bond donors (Lipinski definition) is 4. The molecule has 0 aliphatic rings. The molecule has 222 valence electrons. The molecule has 0 aromatic carbocycles. The Hall–Kier alpha value is -0.460. The molecule has 0 aromatic rings. The van der Waals surface area contributed by atoms with Crippen LogP contribution < -0.4 is 5.32 Å². The van der Waals surface area contributed by atoms with Crippen molar-refractivity contribution in [3.05, 3.63) is 0 Å². The van der Waals surface area contributed by atoms with Crippen LogP contribution >= 0.6 is 7.82 Å². The normalized spacial score (nSPS) is 13.5. The largest absolute Gasteiger partial charge is 0.469 e. The number of carbonyl (C=O) groups excluding carboxylic acids is 1. The highest BCUT2D eigenvalue weighted by Gasteiger charge is 2.25. The van der Waals surface area contributed by atoms with Crippen molar-refractivity contribution in [2.45, 2.75) is 174 Å². The van der Waals surface area contributed by atoms with Gasteiger partial charge in [-0.1, -0.05) is 142 Å². The summed E-state index contributed by atoms with van der Waals surface area (Å²) in [6.45, 7) is 4.06. The molecule has 0 saturated carbocycles. The lowest BCUT2D eigenvalue weighted by atomic mass is 10.0. The maximum atomic E-state index is 12.4. The number of rotatable bonds is 28. The van der Waals surface area contributed by atoms with Gasteiger partial charge in [0.15, 0.2) is 0 Å². The Bertz CT molecular complexity index is 557. The molecule has 0 aromatic heterocycles. The molecule has 8 heteroatoms. The van der Waals surface area contributed by atoms with Crippen molar-refractivity contribution in [2.24, 2.45) is 0 Å². The van der Waals surface area contributed by atoms with Crippen molar-refractivity contribution in [1.29, 1.82) is 0 Å². The van der Waals surface area contributed by atoms with E-state index in [1.165, 1.54) is 96.3 Å². The molecular formula is C29H60NO6P. The van der Waals surface area contributed by atoms with E-state index in [0.29, 0.717) is 12.8 Å². The van der Waals surface area contributed by atoms with Crippen LogP contribution in [0.3, 0.4) is 0 Å². The number of amides is 1. The van der Waals surface area contributed by atoms with Crippen LogP contribution in [0.4, 0.5) is 0 Å². The van der Waals surface area contributed by atoms with E-state index in [9.17, 15) is 14.5 Å². The Morgan fingerprint density at radius 1 is 0.676 bits per heavy atom. The summed E-state index contributed by atoms with van der Waals surface area (Å²) in [6.07, 6.45) is 25.1. The minimum absolute atomic E-state index is 0.197. The van der Waals surface area contributed by atoms with Gasteiger partial charge in [0, 0.05) is 6.42 Å². The van der Waals surface area contributed by atoms with E-state index < -0.39 is 26.6 Å². The lowest BCUT2D eigenvalue weighted by Crippen LogP contribution is -2.46. The van der Waals surface area contributed by atoms with Crippen LogP contribution in [-0.4, -0.2) is 39.6 Å². The molecule has 0 rings (SSSR count). The maximum absolute atomic E-state index is 12.4. The molecule has 0 unspecified atom stereocenters. The molecule has 0 heterocycles. The fraction of sp³-hybridized carbons (Fsp3) is 0.966. The summed E-state index contributed by atoms with van der Waals surface area (Å²) in [5.41, 5.74) is 0. The van der Waals surface area contributed by atoms with Crippen molar-refractivity contribution in [2.75, 3.05) is 6.61 Å². The van der Waals surface area contributed by atoms with E-state index in [0.717, 1.165) is 38.5 Å². The Labute approximate surface area is 228 Å². The van der Waals surface area contributed by atoms with Gasteiger partial charge in [-0.15, -0.1) is 0 Å². The number of hydrogen-bond acceptors (Lipinski definition) is 4. The molecule has 0 aliphatic heterocycles. The summed E-state index contributed by atoms with van der Waals surface area (Å²) in [6, 6.07) is -0.813. The van der Waals surface area contributed by atoms with E-state index in [1.807, 2.05) is 0 Å². The van der Waals surface area contributed by atoms with Gasteiger partial charge in [-0.2, -0.15) is 0 Å². The first-order valence-electron chi connectivity index (χ1n) is 15.5. The summed E-state index contributed by atoms with van der Waals surface area (Å²) < 4.78 is 15.8. The number of nitrogens with one attached hydrogen (secondary N) is 1. The van der Waals surface area contributed by atoms with Gasteiger partial charge in [0.2, 0.25) is 5.91 Å². The SMILES string of the molecule is CCCCCCCCCCCCCCC(=O)N[C@@H](COP(=O)(O)O)[C@H](O)CCCCCCCCCCC. The van der Waals surface area contributed by atoms with E-state index in [4.69, 9.17) is 9.79 Å². The molecular weight excluding hydrogens is 489 g/mol. The van der Waals surface area contributed by atoms with Crippen molar-refractivity contribution < 1.29 is 28.8 Å². The topological polar surface area (TPSA) is 116 Å². The minimum Gasteiger partial charge on any atom is -0.391 e. The Morgan fingerprint density at radius 2 is 1.05 bits per heavy atom. The second kappa shape index (κ2) is 25.8. The third-order valence-electron chi connectivity index (χ3n) is 7.09. The second-order valence-electron chi connectivity index (χ2n) is 10.8. The highest BCUT2D eigenvalue weighted by atomic mass is 31.2. The Balaban J connectivity index is 4.05. The Kier molecular flexibility index (Phi) is 25.5. The van der Waals surface area contributed by atoms with Gasteiger partial charge in [0.05, 0.1) is 18.8 Å². The number of phosphoric acid groups is 1. The average molecular weight is 550 g/mol. The van der Waals surface area contributed by atoms with E-state index in [2.05, 4.69) is 23.7 Å². The maximum Gasteiger partial charge on any atom is 0.469 e. The van der Waals surface area contributed by atoms with Crippen molar-refractivity contribution in [1.82, 2.24) is 5.32 Å². The van der Waals surface area contributed by atoms with Crippen LogP contribution in [0, 0.1) is 0 Å². The van der Waals surface area contributed by atoms with Crippen LogP contribution in [0.25, 0.3) is 0 Å². The molecule has 0 fully saturated rings. The fourth-order valence-electron chi connectivity index (χ4n) is 4.70. The molecule has 0 bridgehead atoms. The molecule has 37 heavy (non-hydrogen) atoms. The van der Waals surface area contributed by atoms with E-state index >= 15 is 0 Å². The van der Waals surface area contributed by atoms with Crippen LogP contribution in [0.2, 0.25) is 0 Å². The molecule has 4 N–H and O–H groups in total. The zero-order valence-electron chi connectivity index (χ0n) is 24.1. The molecule has 0 saturated heterocycles. The van der Waals surface area contributed by atoms with Crippen LogP contribution in [0.1, 0.15) is 162 Å². The first-order chi connectivity index (χ1) is 17.8. The standard InChI is InChI=1S/C29H60NO6P/c1-3-5-7-9-11-13-14-15-17-19-21-23-25-29(32)30-27(26-36-37(33,34)35)28(31)24-22-20-18-16-12-10-8-6-4-2/h27-28,31H,3-26H2,1-2H3,(H,30,32)(H2,33,34,35)/t27-,28+/m0/s1. The summed E-state index contributed by atoms with van der Waals surface area (Å²) in [4.78, 5) is 30.5. The zero-order valence-corrected chi connectivity index (χ0v) is 25.0. The molecule has 2 atom stereocenters. The number of carbonyl (C=O) groups is 1. The van der Waals surface area contributed by atoms with E-state index in [-0.39, 0.29) is 5.91 Å². The van der Waals surface area contributed by atoms with Gasteiger partial charge in [0.1, 0.15) is 0 Å². The summed E-state index contributed by atoms with van der Waals surface area (Å²) >= 11 is 0. The van der Waals surface area contributed by atoms with Crippen molar-refractivity contribution in [3.63, 3.8) is 0 Å². The highest BCUT2D eigenvalue weighted by molar-refractivity contribution is 7.46. The number of unbranched alkanes of at least 4 members (excludes halogenated alkanes) is 19. The van der Waals surface area contributed by atoms with Gasteiger partial charge in [0.25, 0.3) is 0 Å². The zero-order chi connectivity index (χ0) is 27.6. The van der Waals surface area contributed by atoms with Gasteiger partial charge >= 0.3 is 7.82 Å². The molecule has 7 nitrogen and oxygen atoms in total. The van der Waals surface area contributed by atoms with E-state index in [1.54, 1.807) is 0 Å². The minimum atomic E-state index is -4.67. The van der Waals surface area contributed by atoms with Gasteiger partial charge in [-0.25, -0.2) is 4.57 Å². The monoisotopic (exact) mass is 549 g/mol. The summed E-state index contributed by atoms with van der Waals surface area (Å²) in [5, 5.41) is 13.3. The lowest BCUT2D eigenvalue weighted by molar-refractivity contribution is -0.123. The molecule has 0 spiro atoms. The third-order valence-corrected chi connectivity index (χ3v) is 7.58. The van der Waals surface area contributed by atoms with Crippen molar-refractivity contribution >= 4 is 13.7 Å². The molecule has 0 radical (unpaired) electrons. The van der Waals surface area contributed by atoms with Crippen LogP contribution in [-0.2, 0) is 13.9 Å². The smallest absolute Gasteiger partial charge is 0.391 e. The molecule has 1 amide bonds. The third kappa shape index (κ3) is 26.9. The summed E-state index contributed by atoms with van der Waals surface area (Å²) in [7, 11) is -4.67. The fourth-order valence-corrected chi connectivity index (χ4v) is 5.05.